The van der Waals surface area contributed by atoms with E-state index in [0.29, 0.717) is 48.4 Å². The van der Waals surface area contributed by atoms with Crippen LogP contribution in [0.3, 0.4) is 0 Å². The first-order chi connectivity index (χ1) is 29.5. The molecule has 0 spiro atoms. The lowest BCUT2D eigenvalue weighted by Crippen LogP contribution is -2.54. The Hall–Kier alpha value is -6.30. The summed E-state index contributed by atoms with van der Waals surface area (Å²) in [7, 11) is 0. The normalized spacial score (nSPS) is 23.2. The van der Waals surface area contributed by atoms with Crippen molar-refractivity contribution in [1.82, 2.24) is 35.2 Å². The summed E-state index contributed by atoms with van der Waals surface area (Å²) in [6, 6.07) is 12.2. The number of carbonyl (C=O) groups excluding carboxylic acids is 7. The maximum Gasteiger partial charge on any atom is 0.273 e. The summed E-state index contributed by atoms with van der Waals surface area (Å²) in [4.78, 5) is 101. The van der Waals surface area contributed by atoms with Gasteiger partial charge in [0, 0.05) is 63.4 Å². The van der Waals surface area contributed by atoms with Gasteiger partial charge in [-0.25, -0.2) is 0 Å². The van der Waals surface area contributed by atoms with Crippen molar-refractivity contribution < 1.29 is 33.6 Å². The highest BCUT2D eigenvalue weighted by molar-refractivity contribution is 6.23. The lowest BCUT2D eigenvalue weighted by molar-refractivity contribution is -0.141. The summed E-state index contributed by atoms with van der Waals surface area (Å²) in [6.45, 7) is 5.74. The SMILES string of the molecule is NC(=O)c1nnc(N2CCC[C@@H](N3C(=O)CCC3=O)C2)nc1Nc1ccc(C2CCN(CC3CCN(c4ccc5c(c4)C(=O)N(C4CCC(=O)NC4=O)C5=O)CC3)CC2)cc1. The van der Waals surface area contributed by atoms with Crippen LogP contribution in [0, 0.1) is 5.92 Å². The number of hydrogen-bond donors (Lipinski definition) is 3. The van der Waals surface area contributed by atoms with Crippen LogP contribution in [0.25, 0.3) is 0 Å². The number of hydrogen-bond acceptors (Lipinski definition) is 14. The summed E-state index contributed by atoms with van der Waals surface area (Å²) in [5.74, 6) is -1.59. The van der Waals surface area contributed by atoms with Crippen molar-refractivity contribution in [2.45, 2.75) is 82.2 Å². The highest BCUT2D eigenvalue weighted by Gasteiger charge is 2.45. The largest absolute Gasteiger partial charge is 0.371 e. The van der Waals surface area contributed by atoms with Crippen LogP contribution in [0.2, 0.25) is 0 Å². The van der Waals surface area contributed by atoms with Gasteiger partial charge < -0.3 is 25.8 Å². The number of amides is 7. The number of anilines is 4. The summed E-state index contributed by atoms with van der Waals surface area (Å²) in [5, 5.41) is 13.8. The Morgan fingerprint density at radius 2 is 1.48 bits per heavy atom. The van der Waals surface area contributed by atoms with Gasteiger partial charge in [0.05, 0.1) is 17.2 Å². The zero-order valence-corrected chi connectivity index (χ0v) is 33.9. The predicted octanol–water partition coefficient (Wildman–Crippen LogP) is 2.33. The maximum atomic E-state index is 13.4. The van der Waals surface area contributed by atoms with Gasteiger partial charge in [-0.05, 0) is 106 Å². The van der Waals surface area contributed by atoms with E-state index in [1.54, 1.807) is 12.1 Å². The zero-order chi connectivity index (χ0) is 42.4. The third-order valence-corrected chi connectivity index (χ3v) is 13.2. The van der Waals surface area contributed by atoms with E-state index in [1.807, 2.05) is 23.1 Å². The molecule has 1 unspecified atom stereocenters. The number of primary amides is 1. The highest BCUT2D eigenvalue weighted by atomic mass is 16.2. The van der Waals surface area contributed by atoms with Crippen LogP contribution < -0.4 is 26.2 Å². The van der Waals surface area contributed by atoms with Crippen LogP contribution in [-0.2, 0) is 19.2 Å². The second-order valence-electron chi connectivity index (χ2n) is 17.0. The molecule has 5 fully saturated rings. The molecule has 0 saturated carbocycles. The van der Waals surface area contributed by atoms with E-state index in [4.69, 9.17) is 5.73 Å². The van der Waals surface area contributed by atoms with Crippen LogP contribution in [0.5, 0.6) is 0 Å². The fraction of sp³-hybridized carbons (Fsp3) is 0.488. The lowest BCUT2D eigenvalue weighted by Gasteiger charge is -2.38. The molecule has 2 aromatic carbocycles. The molecule has 2 atom stereocenters. The van der Waals surface area contributed by atoms with E-state index in [-0.39, 0.29) is 55.1 Å². The van der Waals surface area contributed by atoms with Crippen molar-refractivity contribution in [2.75, 3.05) is 60.9 Å². The first-order valence-corrected chi connectivity index (χ1v) is 21.3. The van der Waals surface area contributed by atoms with E-state index < -0.39 is 35.6 Å². The molecule has 0 bridgehead atoms. The van der Waals surface area contributed by atoms with E-state index in [1.165, 1.54) is 10.5 Å². The smallest absolute Gasteiger partial charge is 0.273 e. The van der Waals surface area contributed by atoms with Crippen molar-refractivity contribution in [1.29, 1.82) is 0 Å². The Balaban J connectivity index is 0.756. The molecule has 318 valence electrons. The Bertz CT molecular complexity index is 2270. The number of likely N-dealkylation sites (tertiary alicyclic amines) is 2. The zero-order valence-electron chi connectivity index (χ0n) is 33.9. The van der Waals surface area contributed by atoms with Crippen LogP contribution in [0.15, 0.2) is 42.5 Å². The summed E-state index contributed by atoms with van der Waals surface area (Å²) < 4.78 is 0. The molecule has 6 aliphatic heterocycles. The minimum absolute atomic E-state index is 0.0816. The van der Waals surface area contributed by atoms with Gasteiger partial charge in [0.25, 0.3) is 17.7 Å². The number of nitrogens with two attached hydrogens (primary N) is 1. The van der Waals surface area contributed by atoms with Gasteiger partial charge in [-0.1, -0.05) is 12.1 Å². The molecule has 5 saturated heterocycles. The molecule has 7 heterocycles. The Morgan fingerprint density at radius 1 is 0.754 bits per heavy atom. The van der Waals surface area contributed by atoms with Crippen LogP contribution in [-0.4, -0.2) is 129 Å². The van der Waals surface area contributed by atoms with E-state index in [0.717, 1.165) is 81.1 Å². The molecule has 18 nitrogen and oxygen atoms in total. The van der Waals surface area contributed by atoms with Crippen molar-refractivity contribution >= 4 is 64.5 Å². The molecular formula is C43H49N11O7. The van der Waals surface area contributed by atoms with E-state index in [2.05, 4.69) is 47.7 Å². The standard InChI is InChI=1S/C43H49N11O7/c44-38(58)37-39(47-43(49-48-37)52-17-1-2-30(24-52)53-35(56)11-12-36(53)57)45-28-5-3-26(4-6-28)27-15-18-50(19-16-27)23-25-13-20-51(21-14-25)29-7-8-31-32(22-29)42(61)54(41(31)60)33-9-10-34(55)46-40(33)59/h3-8,22,25,27,30,33H,1-2,9-21,23-24H2,(H2,44,58)(H,45,47,49)(H,46,55,59)/t30-,33?/m1/s1. The second-order valence-corrected chi connectivity index (χ2v) is 17.0. The van der Waals surface area contributed by atoms with Gasteiger partial charge in [-0.15, -0.1) is 10.2 Å². The molecule has 0 radical (unpaired) electrons. The summed E-state index contributed by atoms with van der Waals surface area (Å²) >= 11 is 0. The molecule has 18 heteroatoms. The number of piperidine rings is 4. The third kappa shape index (κ3) is 8.03. The number of rotatable bonds is 10. The number of nitrogens with zero attached hydrogens (tertiary/aromatic N) is 8. The molecule has 1 aromatic heterocycles. The molecular weight excluding hydrogens is 783 g/mol. The third-order valence-electron chi connectivity index (χ3n) is 13.2. The van der Waals surface area contributed by atoms with Crippen molar-refractivity contribution in [2.24, 2.45) is 11.7 Å². The number of imide groups is 3. The first kappa shape index (κ1) is 40.1. The fourth-order valence-electron chi connectivity index (χ4n) is 9.87. The number of benzene rings is 2. The van der Waals surface area contributed by atoms with Gasteiger partial charge in [0.2, 0.25) is 29.6 Å². The van der Waals surface area contributed by atoms with Gasteiger partial charge in [-0.2, -0.15) is 4.98 Å². The van der Waals surface area contributed by atoms with Gasteiger partial charge in [-0.3, -0.25) is 48.7 Å². The van der Waals surface area contributed by atoms with Gasteiger partial charge in [0.1, 0.15) is 6.04 Å². The van der Waals surface area contributed by atoms with Crippen LogP contribution >= 0.6 is 0 Å². The van der Waals surface area contributed by atoms with E-state index in [9.17, 15) is 33.6 Å². The predicted molar refractivity (Wildman–Crippen MR) is 221 cm³/mol. The Kier molecular flexibility index (Phi) is 10.9. The highest BCUT2D eigenvalue weighted by Crippen LogP contribution is 2.34. The average Bonchev–Trinajstić information content (AvgIpc) is 3.73. The minimum atomic E-state index is -0.980. The average molecular weight is 832 g/mol. The molecule has 0 aliphatic carbocycles. The number of aromatic nitrogens is 3. The van der Waals surface area contributed by atoms with Gasteiger partial charge in [0.15, 0.2) is 11.5 Å². The lowest BCUT2D eigenvalue weighted by atomic mass is 9.88. The summed E-state index contributed by atoms with van der Waals surface area (Å²) in [6.07, 6.45) is 6.27. The molecule has 6 aliphatic rings. The molecule has 7 amide bonds. The topological polar surface area (TPSA) is 224 Å². The monoisotopic (exact) mass is 831 g/mol. The molecule has 9 rings (SSSR count). The van der Waals surface area contributed by atoms with Crippen molar-refractivity contribution in [3.8, 4) is 0 Å². The summed E-state index contributed by atoms with van der Waals surface area (Å²) in [5.41, 5.74) is 9.02. The molecule has 3 aromatic rings. The Morgan fingerprint density at radius 3 is 2.18 bits per heavy atom. The van der Waals surface area contributed by atoms with E-state index >= 15 is 0 Å². The maximum absolute atomic E-state index is 13.4. The second kappa shape index (κ2) is 16.6. The number of fused-ring (bicyclic) bond motifs is 1. The van der Waals surface area contributed by atoms with Crippen molar-refractivity contribution in [3.63, 3.8) is 0 Å². The number of nitrogens with one attached hydrogen (secondary N) is 2. The minimum Gasteiger partial charge on any atom is -0.371 e. The first-order valence-electron chi connectivity index (χ1n) is 21.3. The molecule has 61 heavy (non-hydrogen) atoms. The fourth-order valence-corrected chi connectivity index (χ4v) is 9.87. The Labute approximate surface area is 352 Å². The van der Waals surface area contributed by atoms with Crippen LogP contribution in [0.4, 0.5) is 23.1 Å². The van der Waals surface area contributed by atoms with Crippen molar-refractivity contribution in [3.05, 3.63) is 64.8 Å². The van der Waals surface area contributed by atoms with Gasteiger partial charge >= 0.3 is 0 Å². The molecule has 4 N–H and O–H groups in total. The van der Waals surface area contributed by atoms with Crippen LogP contribution in [0.1, 0.15) is 107 Å². The number of carbonyl (C=O) groups is 7. The quantitative estimate of drug-likeness (QED) is 0.250.